The number of methoxy groups -OCH3 is 1. The fourth-order valence-electron chi connectivity index (χ4n) is 2.61. The normalized spacial score (nSPS) is 12.9. The third-order valence-corrected chi connectivity index (χ3v) is 5.45. The van der Waals surface area contributed by atoms with Gasteiger partial charge in [-0.25, -0.2) is 13.1 Å². The highest BCUT2D eigenvalue weighted by Gasteiger charge is 2.20. The van der Waals surface area contributed by atoms with Crippen molar-refractivity contribution in [1.29, 1.82) is 0 Å². The van der Waals surface area contributed by atoms with Gasteiger partial charge >= 0.3 is 0 Å². The van der Waals surface area contributed by atoms with Crippen molar-refractivity contribution < 1.29 is 13.2 Å². The van der Waals surface area contributed by atoms with Crippen LogP contribution in [-0.4, -0.2) is 15.5 Å². The molecule has 5 heteroatoms. The zero-order valence-corrected chi connectivity index (χ0v) is 15.0. The number of aryl methyl sites for hydroxylation is 3. The molecule has 0 aliphatic rings. The summed E-state index contributed by atoms with van der Waals surface area (Å²) in [4.78, 5) is 0.243. The molecule has 1 N–H and O–H groups in total. The first-order valence-corrected chi connectivity index (χ1v) is 8.97. The van der Waals surface area contributed by atoms with Crippen molar-refractivity contribution in [3.05, 3.63) is 58.7 Å². The van der Waals surface area contributed by atoms with Crippen LogP contribution < -0.4 is 9.46 Å². The number of sulfonamides is 1. The van der Waals surface area contributed by atoms with Crippen molar-refractivity contribution in [2.75, 3.05) is 7.11 Å². The highest BCUT2D eigenvalue weighted by molar-refractivity contribution is 7.89. The van der Waals surface area contributed by atoms with Crippen LogP contribution in [0.25, 0.3) is 0 Å². The van der Waals surface area contributed by atoms with Crippen molar-refractivity contribution in [2.45, 2.75) is 38.6 Å². The highest BCUT2D eigenvalue weighted by Crippen LogP contribution is 2.24. The Labute approximate surface area is 138 Å². The first kappa shape index (κ1) is 17.5. The Kier molecular flexibility index (Phi) is 5.12. The van der Waals surface area contributed by atoms with E-state index in [9.17, 15) is 8.42 Å². The second-order valence-corrected chi connectivity index (χ2v) is 7.55. The Balaban J connectivity index is 2.30. The lowest BCUT2D eigenvalue weighted by Gasteiger charge is -2.18. The molecule has 0 spiro atoms. The lowest BCUT2D eigenvalue weighted by molar-refractivity contribution is 0.411. The molecular weight excluding hydrogens is 310 g/mol. The first-order valence-electron chi connectivity index (χ1n) is 7.48. The summed E-state index contributed by atoms with van der Waals surface area (Å²) in [6.07, 6.45) is 0. The minimum Gasteiger partial charge on any atom is -0.496 e. The van der Waals surface area contributed by atoms with Gasteiger partial charge in [-0.2, -0.15) is 0 Å². The van der Waals surface area contributed by atoms with Gasteiger partial charge in [-0.15, -0.1) is 0 Å². The van der Waals surface area contributed by atoms with Gasteiger partial charge in [0.05, 0.1) is 12.0 Å². The average molecular weight is 333 g/mol. The molecule has 0 radical (unpaired) electrons. The largest absolute Gasteiger partial charge is 0.496 e. The molecule has 0 amide bonds. The Hall–Kier alpha value is -1.85. The maximum Gasteiger partial charge on any atom is 0.241 e. The molecule has 1 atom stereocenters. The lowest BCUT2D eigenvalue weighted by atomic mass is 10.0. The van der Waals surface area contributed by atoms with Crippen LogP contribution in [0.5, 0.6) is 5.75 Å². The predicted octanol–water partition coefficient (Wildman–Crippen LogP) is 3.66. The summed E-state index contributed by atoms with van der Waals surface area (Å²) in [5, 5.41) is 0. The van der Waals surface area contributed by atoms with Gasteiger partial charge in [-0.1, -0.05) is 23.8 Å². The Morgan fingerprint density at radius 1 is 1.00 bits per heavy atom. The number of nitrogens with one attached hydrogen (secondary N) is 1. The zero-order chi connectivity index (χ0) is 17.2. The third-order valence-electron chi connectivity index (χ3n) is 3.91. The molecule has 23 heavy (non-hydrogen) atoms. The molecule has 0 bridgehead atoms. The van der Waals surface area contributed by atoms with Gasteiger partial charge < -0.3 is 4.74 Å². The zero-order valence-electron chi connectivity index (χ0n) is 14.2. The van der Waals surface area contributed by atoms with Gasteiger partial charge in [-0.3, -0.25) is 0 Å². The van der Waals surface area contributed by atoms with Gasteiger partial charge in [0.25, 0.3) is 0 Å². The average Bonchev–Trinajstić information content (AvgIpc) is 2.49. The Morgan fingerprint density at radius 2 is 1.70 bits per heavy atom. The molecule has 4 nitrogen and oxygen atoms in total. The molecule has 0 saturated carbocycles. The van der Waals surface area contributed by atoms with Gasteiger partial charge in [0, 0.05) is 6.04 Å². The van der Waals surface area contributed by atoms with Crippen LogP contribution in [-0.2, 0) is 10.0 Å². The second kappa shape index (κ2) is 6.72. The monoisotopic (exact) mass is 333 g/mol. The molecule has 0 heterocycles. The van der Waals surface area contributed by atoms with E-state index in [1.807, 2.05) is 45.9 Å². The van der Waals surface area contributed by atoms with Crippen molar-refractivity contribution in [3.8, 4) is 5.75 Å². The minimum absolute atomic E-state index is 0.243. The molecular formula is C18H23NO3S. The van der Waals surface area contributed by atoms with Crippen molar-refractivity contribution in [2.24, 2.45) is 0 Å². The molecule has 2 aromatic rings. The molecule has 1 unspecified atom stereocenters. The molecule has 2 aromatic carbocycles. The van der Waals surface area contributed by atoms with Crippen LogP contribution in [0.1, 0.15) is 35.2 Å². The number of hydrogen-bond acceptors (Lipinski definition) is 3. The second-order valence-electron chi connectivity index (χ2n) is 5.83. The fourth-order valence-corrected chi connectivity index (χ4v) is 3.92. The van der Waals surface area contributed by atoms with E-state index in [0.29, 0.717) is 5.75 Å². The summed E-state index contributed by atoms with van der Waals surface area (Å²) in [7, 11) is -2.02. The van der Waals surface area contributed by atoms with E-state index >= 15 is 0 Å². The lowest BCUT2D eigenvalue weighted by Crippen LogP contribution is -2.27. The van der Waals surface area contributed by atoms with Crippen LogP contribution in [0.15, 0.2) is 41.3 Å². The summed E-state index contributed by atoms with van der Waals surface area (Å²) in [5.41, 5.74) is 3.95. The van der Waals surface area contributed by atoms with Gasteiger partial charge in [-0.05, 0) is 62.6 Å². The number of hydrogen-bond donors (Lipinski definition) is 1. The van der Waals surface area contributed by atoms with E-state index in [1.54, 1.807) is 25.3 Å². The first-order chi connectivity index (χ1) is 10.7. The van der Waals surface area contributed by atoms with Crippen LogP contribution in [0.4, 0.5) is 0 Å². The molecule has 0 saturated heterocycles. The summed E-state index contributed by atoms with van der Waals surface area (Å²) >= 11 is 0. The quantitative estimate of drug-likeness (QED) is 0.908. The standard InChI is InChI=1S/C18H23NO3S/c1-12-6-7-13(2)17(10-12)15(4)19-23(20,21)16-8-9-18(22-5)14(3)11-16/h6-11,15,19H,1-5H3. The van der Waals surface area contributed by atoms with Crippen molar-refractivity contribution >= 4 is 10.0 Å². The van der Waals surface area contributed by atoms with E-state index in [-0.39, 0.29) is 10.9 Å². The number of benzene rings is 2. The van der Waals surface area contributed by atoms with E-state index in [4.69, 9.17) is 4.74 Å². The summed E-state index contributed by atoms with van der Waals surface area (Å²) in [6, 6.07) is 10.6. The van der Waals surface area contributed by atoms with Crippen LogP contribution in [0, 0.1) is 20.8 Å². The fraction of sp³-hybridized carbons (Fsp3) is 0.333. The summed E-state index contributed by atoms with van der Waals surface area (Å²) in [6.45, 7) is 7.66. The molecule has 0 fully saturated rings. The summed E-state index contributed by atoms with van der Waals surface area (Å²) < 4.78 is 33.2. The van der Waals surface area contributed by atoms with E-state index in [0.717, 1.165) is 22.3 Å². The van der Waals surface area contributed by atoms with Crippen LogP contribution >= 0.6 is 0 Å². The molecule has 2 rings (SSSR count). The molecule has 0 aliphatic carbocycles. The Bertz CT molecular complexity index is 813. The highest BCUT2D eigenvalue weighted by atomic mass is 32.2. The predicted molar refractivity (Wildman–Crippen MR) is 92.4 cm³/mol. The SMILES string of the molecule is COc1ccc(S(=O)(=O)NC(C)c2cc(C)ccc2C)cc1C. The van der Waals surface area contributed by atoms with Crippen molar-refractivity contribution in [3.63, 3.8) is 0 Å². The Morgan fingerprint density at radius 3 is 2.30 bits per heavy atom. The maximum atomic E-state index is 12.6. The third kappa shape index (κ3) is 3.92. The smallest absolute Gasteiger partial charge is 0.241 e. The van der Waals surface area contributed by atoms with Gasteiger partial charge in [0.15, 0.2) is 0 Å². The van der Waals surface area contributed by atoms with Gasteiger partial charge in [0.2, 0.25) is 10.0 Å². The van der Waals surface area contributed by atoms with Crippen LogP contribution in [0.2, 0.25) is 0 Å². The van der Waals surface area contributed by atoms with E-state index in [1.165, 1.54) is 0 Å². The number of rotatable bonds is 5. The van der Waals surface area contributed by atoms with Crippen LogP contribution in [0.3, 0.4) is 0 Å². The maximum absolute atomic E-state index is 12.6. The topological polar surface area (TPSA) is 55.4 Å². The van der Waals surface area contributed by atoms with Gasteiger partial charge in [0.1, 0.15) is 5.75 Å². The molecule has 0 aromatic heterocycles. The molecule has 0 aliphatic heterocycles. The van der Waals surface area contributed by atoms with Crippen molar-refractivity contribution in [1.82, 2.24) is 4.72 Å². The number of ether oxygens (including phenoxy) is 1. The summed E-state index contributed by atoms with van der Waals surface area (Å²) in [5.74, 6) is 0.673. The van der Waals surface area contributed by atoms with E-state index in [2.05, 4.69) is 4.72 Å². The minimum atomic E-state index is -3.59. The van der Waals surface area contributed by atoms with E-state index < -0.39 is 10.0 Å². The molecule has 124 valence electrons.